The van der Waals surface area contributed by atoms with Gasteiger partial charge in [-0.05, 0) is 31.2 Å². The van der Waals surface area contributed by atoms with Gasteiger partial charge in [0.25, 0.3) is 0 Å². The Morgan fingerprint density at radius 1 is 1.12 bits per heavy atom. The average molecular weight is 231 g/mol. The number of hydrogen-bond acceptors (Lipinski definition) is 2. The summed E-state index contributed by atoms with van der Waals surface area (Å²) in [7, 11) is 0. The van der Waals surface area contributed by atoms with E-state index in [9.17, 15) is 5.11 Å². The maximum absolute atomic E-state index is 9.53. The lowest BCUT2D eigenvalue weighted by molar-refractivity contribution is 0.0780. The molecule has 1 aliphatic carbocycles. The van der Waals surface area contributed by atoms with Crippen LogP contribution in [0.2, 0.25) is 0 Å². The number of rotatable bonds is 3. The Hall–Kier alpha value is -0.860. The highest BCUT2D eigenvalue weighted by Gasteiger charge is 2.45. The second-order valence-electron chi connectivity index (χ2n) is 5.65. The zero-order valence-electron chi connectivity index (χ0n) is 10.3. The van der Waals surface area contributed by atoms with Crippen LogP contribution in [0.25, 0.3) is 0 Å². The minimum absolute atomic E-state index is 0.0573. The summed E-state index contributed by atoms with van der Waals surface area (Å²) >= 11 is 0. The van der Waals surface area contributed by atoms with E-state index in [4.69, 9.17) is 0 Å². The third-order valence-electron chi connectivity index (χ3n) is 4.32. The van der Waals surface area contributed by atoms with Crippen LogP contribution < -0.4 is 0 Å². The summed E-state index contributed by atoms with van der Waals surface area (Å²) in [5, 5.41) is 9.53. The van der Waals surface area contributed by atoms with Gasteiger partial charge in [-0.25, -0.2) is 0 Å². The number of benzene rings is 1. The fourth-order valence-electron chi connectivity index (χ4n) is 2.99. The van der Waals surface area contributed by atoms with Crippen molar-refractivity contribution in [3.8, 4) is 0 Å². The van der Waals surface area contributed by atoms with Crippen LogP contribution in [0.5, 0.6) is 0 Å². The first-order valence-electron chi connectivity index (χ1n) is 6.74. The zero-order valence-corrected chi connectivity index (χ0v) is 10.3. The molecule has 2 nitrogen and oxygen atoms in total. The number of piperidine rings is 1. The Morgan fingerprint density at radius 3 is 2.35 bits per heavy atom. The van der Waals surface area contributed by atoms with Crippen molar-refractivity contribution >= 4 is 0 Å². The highest BCUT2D eigenvalue weighted by molar-refractivity contribution is 5.31. The fourth-order valence-corrected chi connectivity index (χ4v) is 2.99. The molecule has 1 aromatic carbocycles. The maximum Gasteiger partial charge on any atom is 0.0564 e. The molecular weight excluding hydrogens is 210 g/mol. The van der Waals surface area contributed by atoms with E-state index in [0.717, 1.165) is 25.9 Å². The minimum atomic E-state index is -0.0573. The molecule has 0 unspecified atom stereocenters. The number of aliphatic hydroxyl groups excluding tert-OH is 1. The first-order valence-corrected chi connectivity index (χ1v) is 6.74. The predicted octanol–water partition coefficient (Wildman–Crippen LogP) is 2.17. The molecule has 0 amide bonds. The van der Waals surface area contributed by atoms with Gasteiger partial charge in [0.15, 0.2) is 0 Å². The summed E-state index contributed by atoms with van der Waals surface area (Å²) in [5.41, 5.74) is 1.94. The van der Waals surface area contributed by atoms with Crippen molar-refractivity contribution in [2.24, 2.45) is 0 Å². The van der Waals surface area contributed by atoms with E-state index < -0.39 is 0 Å². The van der Waals surface area contributed by atoms with Gasteiger partial charge in [0.1, 0.15) is 0 Å². The predicted molar refractivity (Wildman–Crippen MR) is 69.0 cm³/mol. The number of likely N-dealkylation sites (tertiary alicyclic amines) is 1. The van der Waals surface area contributed by atoms with Gasteiger partial charge in [0.05, 0.1) is 6.10 Å². The highest BCUT2D eigenvalue weighted by atomic mass is 16.3. The molecule has 1 saturated carbocycles. The van der Waals surface area contributed by atoms with Crippen LogP contribution in [0.3, 0.4) is 0 Å². The molecule has 0 radical (unpaired) electrons. The SMILES string of the molecule is OC1CCN(CC2(c3ccccc3)CC2)CC1. The molecule has 2 aliphatic rings. The van der Waals surface area contributed by atoms with E-state index in [2.05, 4.69) is 35.2 Å². The smallest absolute Gasteiger partial charge is 0.0564 e. The van der Waals surface area contributed by atoms with Crippen molar-refractivity contribution in [1.29, 1.82) is 0 Å². The molecule has 1 N–H and O–H groups in total. The van der Waals surface area contributed by atoms with E-state index in [1.54, 1.807) is 0 Å². The van der Waals surface area contributed by atoms with Crippen molar-refractivity contribution in [3.63, 3.8) is 0 Å². The summed E-state index contributed by atoms with van der Waals surface area (Å²) < 4.78 is 0. The highest BCUT2D eigenvalue weighted by Crippen LogP contribution is 2.48. The van der Waals surface area contributed by atoms with Crippen molar-refractivity contribution < 1.29 is 5.11 Å². The number of nitrogens with zero attached hydrogens (tertiary/aromatic N) is 1. The first kappa shape index (κ1) is 11.2. The standard InChI is InChI=1S/C15H21NO/c17-14-6-10-16(11-7-14)12-15(8-9-15)13-4-2-1-3-5-13/h1-5,14,17H,6-12H2. The molecular formula is C15H21NO. The maximum atomic E-state index is 9.53. The van der Waals surface area contributed by atoms with Crippen molar-refractivity contribution in [2.45, 2.75) is 37.2 Å². The Labute approximate surface area is 103 Å². The zero-order chi connectivity index (χ0) is 11.7. The van der Waals surface area contributed by atoms with Gasteiger partial charge >= 0.3 is 0 Å². The number of aliphatic hydroxyl groups is 1. The van der Waals surface area contributed by atoms with Crippen LogP contribution >= 0.6 is 0 Å². The number of hydrogen-bond donors (Lipinski definition) is 1. The van der Waals surface area contributed by atoms with E-state index >= 15 is 0 Å². The Bertz CT molecular complexity index is 364. The van der Waals surface area contributed by atoms with E-state index in [0.29, 0.717) is 5.41 Å². The van der Waals surface area contributed by atoms with Gasteiger partial charge in [0.2, 0.25) is 0 Å². The molecule has 0 aromatic heterocycles. The van der Waals surface area contributed by atoms with Gasteiger partial charge in [-0.2, -0.15) is 0 Å². The van der Waals surface area contributed by atoms with Crippen LogP contribution in [0.15, 0.2) is 30.3 Å². The Kier molecular flexibility index (Phi) is 2.93. The molecule has 0 spiro atoms. The van der Waals surface area contributed by atoms with E-state index in [1.165, 1.54) is 24.9 Å². The second-order valence-corrected chi connectivity index (χ2v) is 5.65. The van der Waals surface area contributed by atoms with Crippen LogP contribution in [0.1, 0.15) is 31.2 Å². The lowest BCUT2D eigenvalue weighted by Crippen LogP contribution is -2.40. The Morgan fingerprint density at radius 2 is 1.76 bits per heavy atom. The van der Waals surface area contributed by atoms with Gasteiger partial charge in [0, 0.05) is 25.0 Å². The molecule has 3 rings (SSSR count). The second kappa shape index (κ2) is 4.43. The van der Waals surface area contributed by atoms with Crippen LogP contribution in [-0.4, -0.2) is 35.7 Å². The monoisotopic (exact) mass is 231 g/mol. The summed E-state index contributed by atoms with van der Waals surface area (Å²) in [6.07, 6.45) is 4.50. The van der Waals surface area contributed by atoms with Gasteiger partial charge in [-0.1, -0.05) is 30.3 Å². The fraction of sp³-hybridized carbons (Fsp3) is 0.600. The molecule has 0 atom stereocenters. The van der Waals surface area contributed by atoms with Gasteiger partial charge < -0.3 is 10.0 Å². The lowest BCUT2D eigenvalue weighted by Gasteiger charge is -2.32. The normalized spacial score (nSPS) is 24.8. The quantitative estimate of drug-likeness (QED) is 0.862. The molecule has 1 aliphatic heterocycles. The molecule has 17 heavy (non-hydrogen) atoms. The molecule has 92 valence electrons. The summed E-state index contributed by atoms with van der Waals surface area (Å²) in [6.45, 7) is 3.31. The summed E-state index contributed by atoms with van der Waals surface area (Å²) in [4.78, 5) is 2.53. The van der Waals surface area contributed by atoms with Crippen molar-refractivity contribution in [1.82, 2.24) is 4.90 Å². The van der Waals surface area contributed by atoms with Gasteiger partial charge in [-0.15, -0.1) is 0 Å². The van der Waals surface area contributed by atoms with Crippen LogP contribution in [0.4, 0.5) is 0 Å². The molecule has 2 fully saturated rings. The Balaban J connectivity index is 1.65. The average Bonchev–Trinajstić information content (AvgIpc) is 3.15. The van der Waals surface area contributed by atoms with E-state index in [1.807, 2.05) is 0 Å². The molecule has 0 bridgehead atoms. The van der Waals surface area contributed by atoms with Crippen LogP contribution in [-0.2, 0) is 5.41 Å². The van der Waals surface area contributed by atoms with Gasteiger partial charge in [-0.3, -0.25) is 0 Å². The van der Waals surface area contributed by atoms with Crippen molar-refractivity contribution in [3.05, 3.63) is 35.9 Å². The minimum Gasteiger partial charge on any atom is -0.393 e. The van der Waals surface area contributed by atoms with E-state index in [-0.39, 0.29) is 6.10 Å². The molecule has 1 heterocycles. The van der Waals surface area contributed by atoms with Crippen molar-refractivity contribution in [2.75, 3.05) is 19.6 Å². The molecule has 1 saturated heterocycles. The third-order valence-corrected chi connectivity index (χ3v) is 4.32. The van der Waals surface area contributed by atoms with Crippen LogP contribution in [0, 0.1) is 0 Å². The molecule has 1 aromatic rings. The largest absolute Gasteiger partial charge is 0.393 e. The topological polar surface area (TPSA) is 23.5 Å². The first-order chi connectivity index (χ1) is 8.28. The summed E-state index contributed by atoms with van der Waals surface area (Å²) in [6, 6.07) is 10.9. The third kappa shape index (κ3) is 2.38. The summed E-state index contributed by atoms with van der Waals surface area (Å²) in [5.74, 6) is 0. The lowest BCUT2D eigenvalue weighted by atomic mass is 9.94. The molecule has 2 heteroatoms.